The van der Waals surface area contributed by atoms with Crippen molar-refractivity contribution in [3.05, 3.63) is 64.2 Å². The number of alkyl halides is 3. The van der Waals surface area contributed by atoms with Gasteiger partial charge in [-0.2, -0.15) is 13.2 Å². The highest BCUT2D eigenvalue weighted by atomic mass is 35.5. The zero-order valence-corrected chi connectivity index (χ0v) is 23.5. The van der Waals surface area contributed by atoms with Crippen LogP contribution in [0.2, 0.25) is 5.02 Å². The van der Waals surface area contributed by atoms with Crippen LogP contribution in [0.15, 0.2) is 42.5 Å². The summed E-state index contributed by atoms with van der Waals surface area (Å²) in [4.78, 5) is 28.0. The van der Waals surface area contributed by atoms with E-state index in [1.165, 1.54) is 4.90 Å². The Hall–Kier alpha value is -2.79. The van der Waals surface area contributed by atoms with E-state index in [1.807, 2.05) is 32.9 Å². The molecular weight excluding hydrogens is 543 g/mol. The molecule has 0 bridgehead atoms. The number of sulfonamides is 1. The van der Waals surface area contributed by atoms with Gasteiger partial charge in [0.2, 0.25) is 21.8 Å². The van der Waals surface area contributed by atoms with Gasteiger partial charge < -0.3 is 10.2 Å². The van der Waals surface area contributed by atoms with Crippen molar-refractivity contribution in [3.8, 4) is 0 Å². The number of anilines is 1. The van der Waals surface area contributed by atoms with Gasteiger partial charge >= 0.3 is 6.18 Å². The molecule has 0 aliphatic rings. The molecule has 0 spiro atoms. The second-order valence-corrected chi connectivity index (χ2v) is 11.8. The summed E-state index contributed by atoms with van der Waals surface area (Å²) in [6.07, 6.45) is -3.76. The maximum Gasteiger partial charge on any atom is 0.416 e. The first-order valence-electron chi connectivity index (χ1n) is 12.0. The van der Waals surface area contributed by atoms with Gasteiger partial charge in [-0.3, -0.25) is 13.9 Å². The van der Waals surface area contributed by atoms with Crippen molar-refractivity contribution in [2.45, 2.75) is 52.9 Å². The SMILES string of the molecule is CC[C@@H](C(=O)NCC(C)C)N(Cc1ccc(C)cc1)C(=O)CN(c1cc(C(F)(F)F)ccc1Cl)S(C)(=O)=O. The average molecular weight is 576 g/mol. The van der Waals surface area contributed by atoms with Gasteiger partial charge in [0.1, 0.15) is 12.6 Å². The first kappa shape index (κ1) is 31.4. The molecule has 2 amide bonds. The molecule has 210 valence electrons. The Labute approximate surface area is 227 Å². The number of halogens is 4. The van der Waals surface area contributed by atoms with Crippen molar-refractivity contribution < 1.29 is 31.2 Å². The lowest BCUT2D eigenvalue weighted by atomic mass is 10.1. The maximum atomic E-state index is 13.7. The minimum Gasteiger partial charge on any atom is -0.354 e. The molecule has 0 fully saturated rings. The van der Waals surface area contributed by atoms with Crippen LogP contribution in [0.4, 0.5) is 18.9 Å². The Bertz CT molecular complexity index is 1240. The number of hydrogen-bond acceptors (Lipinski definition) is 4. The molecule has 0 saturated heterocycles. The van der Waals surface area contributed by atoms with Gasteiger partial charge in [0, 0.05) is 13.1 Å². The van der Waals surface area contributed by atoms with Crippen molar-refractivity contribution >= 4 is 39.1 Å². The Kier molecular flexibility index (Phi) is 10.6. The van der Waals surface area contributed by atoms with Gasteiger partial charge in [0.25, 0.3) is 0 Å². The molecule has 2 aromatic rings. The number of rotatable bonds is 11. The highest BCUT2D eigenvalue weighted by molar-refractivity contribution is 7.92. The van der Waals surface area contributed by atoms with Crippen LogP contribution in [-0.2, 0) is 32.3 Å². The predicted molar refractivity (Wildman–Crippen MR) is 142 cm³/mol. The van der Waals surface area contributed by atoms with E-state index in [-0.39, 0.29) is 23.9 Å². The van der Waals surface area contributed by atoms with Crippen LogP contribution >= 0.6 is 11.6 Å². The molecule has 0 saturated carbocycles. The van der Waals surface area contributed by atoms with Crippen LogP contribution in [0.3, 0.4) is 0 Å². The molecule has 38 heavy (non-hydrogen) atoms. The van der Waals surface area contributed by atoms with Crippen LogP contribution in [0, 0.1) is 12.8 Å². The van der Waals surface area contributed by atoms with E-state index < -0.39 is 51.9 Å². The Morgan fingerprint density at radius 1 is 1.08 bits per heavy atom. The highest BCUT2D eigenvalue weighted by Gasteiger charge is 2.35. The van der Waals surface area contributed by atoms with E-state index in [0.29, 0.717) is 22.5 Å². The second-order valence-electron chi connectivity index (χ2n) is 9.50. The smallest absolute Gasteiger partial charge is 0.354 e. The molecule has 7 nitrogen and oxygen atoms in total. The summed E-state index contributed by atoms with van der Waals surface area (Å²) >= 11 is 6.10. The molecule has 12 heteroatoms. The van der Waals surface area contributed by atoms with Crippen molar-refractivity contribution in [1.82, 2.24) is 10.2 Å². The van der Waals surface area contributed by atoms with Crippen LogP contribution in [0.5, 0.6) is 0 Å². The Morgan fingerprint density at radius 3 is 2.18 bits per heavy atom. The average Bonchev–Trinajstić information content (AvgIpc) is 2.81. The molecule has 0 aromatic heterocycles. The third kappa shape index (κ3) is 8.62. The maximum absolute atomic E-state index is 13.7. The fourth-order valence-electron chi connectivity index (χ4n) is 3.71. The lowest BCUT2D eigenvalue weighted by Gasteiger charge is -2.33. The first-order valence-corrected chi connectivity index (χ1v) is 14.2. The molecule has 0 unspecified atom stereocenters. The fraction of sp³-hybridized carbons (Fsp3) is 0.462. The largest absolute Gasteiger partial charge is 0.416 e. The van der Waals surface area contributed by atoms with Crippen LogP contribution in [-0.4, -0.2) is 50.5 Å². The van der Waals surface area contributed by atoms with Gasteiger partial charge in [-0.25, -0.2) is 8.42 Å². The van der Waals surface area contributed by atoms with Gasteiger partial charge in [0.15, 0.2) is 0 Å². The number of aryl methyl sites for hydroxylation is 1. The van der Waals surface area contributed by atoms with Gasteiger partial charge in [-0.15, -0.1) is 0 Å². The van der Waals surface area contributed by atoms with Crippen LogP contribution in [0.25, 0.3) is 0 Å². The summed E-state index contributed by atoms with van der Waals surface area (Å²) in [5.41, 5.74) is 0.0804. The standard InChI is InChI=1S/C26H33ClF3N3O4S/c1-6-22(25(35)31-14-17(2)3)32(15-19-9-7-18(4)8-10-19)24(34)16-33(38(5,36)37)23-13-20(26(28,29)30)11-12-21(23)27/h7-13,17,22H,6,14-16H2,1-5H3,(H,31,35)/t22-/m0/s1. The second kappa shape index (κ2) is 12.8. The molecule has 2 rings (SSSR count). The van der Waals surface area contributed by atoms with Crippen molar-refractivity contribution in [2.75, 3.05) is 23.7 Å². The summed E-state index contributed by atoms with van der Waals surface area (Å²) in [6.45, 7) is 6.95. The van der Waals surface area contributed by atoms with Crippen LogP contribution in [0.1, 0.15) is 43.9 Å². The van der Waals surface area contributed by atoms with E-state index in [9.17, 15) is 31.2 Å². The number of nitrogens with one attached hydrogen (secondary N) is 1. The summed E-state index contributed by atoms with van der Waals surface area (Å²) in [7, 11) is -4.25. The van der Waals surface area contributed by atoms with Gasteiger partial charge in [-0.1, -0.05) is 62.2 Å². The zero-order valence-electron chi connectivity index (χ0n) is 22.0. The normalized spacial score (nSPS) is 12.8. The molecule has 1 N–H and O–H groups in total. The highest BCUT2D eigenvalue weighted by Crippen LogP contribution is 2.36. The van der Waals surface area contributed by atoms with Crippen molar-refractivity contribution in [3.63, 3.8) is 0 Å². The predicted octanol–water partition coefficient (Wildman–Crippen LogP) is 5.01. The number of carbonyl (C=O) groups is 2. The van der Waals surface area contributed by atoms with Gasteiger partial charge in [-0.05, 0) is 43.0 Å². The number of carbonyl (C=O) groups excluding carboxylic acids is 2. The molecular formula is C26H33ClF3N3O4S. The fourth-order valence-corrected chi connectivity index (χ4v) is 4.83. The molecule has 2 aromatic carbocycles. The summed E-state index contributed by atoms with van der Waals surface area (Å²) in [6, 6.07) is 8.55. The topological polar surface area (TPSA) is 86.8 Å². The Morgan fingerprint density at radius 2 is 1.68 bits per heavy atom. The van der Waals surface area contributed by atoms with E-state index in [0.717, 1.165) is 24.0 Å². The summed E-state index contributed by atoms with van der Waals surface area (Å²) in [5, 5.41) is 2.53. The zero-order chi connectivity index (χ0) is 28.8. The van der Waals surface area contributed by atoms with E-state index in [4.69, 9.17) is 11.6 Å². The quantitative estimate of drug-likeness (QED) is 0.408. The lowest BCUT2D eigenvalue weighted by Crippen LogP contribution is -2.52. The monoisotopic (exact) mass is 575 g/mol. The first-order chi connectivity index (χ1) is 17.5. The molecule has 0 aliphatic carbocycles. The third-order valence-corrected chi connectivity index (χ3v) is 7.21. The number of amides is 2. The van der Waals surface area contributed by atoms with E-state index in [2.05, 4.69) is 5.32 Å². The third-order valence-electron chi connectivity index (χ3n) is 5.77. The molecule has 1 atom stereocenters. The lowest BCUT2D eigenvalue weighted by molar-refractivity contribution is -0.140. The van der Waals surface area contributed by atoms with Crippen molar-refractivity contribution in [2.24, 2.45) is 5.92 Å². The summed E-state index contributed by atoms with van der Waals surface area (Å²) in [5.74, 6) is -1.03. The summed E-state index contributed by atoms with van der Waals surface area (Å²) < 4.78 is 66.0. The molecule has 0 aliphatic heterocycles. The minimum atomic E-state index is -4.76. The number of benzene rings is 2. The van der Waals surface area contributed by atoms with Crippen molar-refractivity contribution in [1.29, 1.82) is 0 Å². The number of nitrogens with zero attached hydrogens (tertiary/aromatic N) is 2. The van der Waals surface area contributed by atoms with Gasteiger partial charge in [0.05, 0.1) is 22.5 Å². The Balaban J connectivity index is 2.52. The van der Waals surface area contributed by atoms with E-state index >= 15 is 0 Å². The van der Waals surface area contributed by atoms with E-state index in [1.54, 1.807) is 19.1 Å². The molecule has 0 radical (unpaired) electrons. The number of hydrogen-bond donors (Lipinski definition) is 1. The minimum absolute atomic E-state index is 0.0133. The molecule has 0 heterocycles. The van der Waals surface area contributed by atoms with Crippen LogP contribution < -0.4 is 9.62 Å².